The fraction of sp³-hybridized carbons (Fsp3) is 0.615. The average molecular weight is 262 g/mol. The van der Waals surface area contributed by atoms with Gasteiger partial charge in [0.05, 0.1) is 12.3 Å². The third-order valence-electron chi connectivity index (χ3n) is 3.42. The molecule has 2 aromatic heterocycles. The normalized spacial score (nSPS) is 19.2. The summed E-state index contributed by atoms with van der Waals surface area (Å²) >= 11 is 0. The summed E-state index contributed by atoms with van der Waals surface area (Å²) in [6, 6.07) is 2.06. The second kappa shape index (κ2) is 5.13. The number of nitrogens with zero attached hydrogens (tertiary/aromatic N) is 4. The lowest BCUT2D eigenvalue weighted by Crippen LogP contribution is -2.06. The van der Waals surface area contributed by atoms with Gasteiger partial charge in [0, 0.05) is 31.2 Å². The van der Waals surface area contributed by atoms with E-state index in [9.17, 15) is 0 Å². The van der Waals surface area contributed by atoms with Gasteiger partial charge >= 0.3 is 0 Å². The van der Waals surface area contributed by atoms with Crippen molar-refractivity contribution in [1.82, 2.24) is 19.9 Å². The molecule has 0 bridgehead atoms. The molecule has 19 heavy (non-hydrogen) atoms. The van der Waals surface area contributed by atoms with Crippen LogP contribution in [0.1, 0.15) is 35.4 Å². The van der Waals surface area contributed by atoms with Crippen LogP contribution in [0.15, 0.2) is 10.6 Å². The van der Waals surface area contributed by atoms with Gasteiger partial charge in [-0.1, -0.05) is 5.16 Å². The molecule has 3 rings (SSSR count). The van der Waals surface area contributed by atoms with Crippen LogP contribution in [0.5, 0.6) is 0 Å². The van der Waals surface area contributed by atoms with E-state index in [4.69, 9.17) is 9.26 Å². The Balaban J connectivity index is 1.62. The first-order valence-corrected chi connectivity index (χ1v) is 6.63. The van der Waals surface area contributed by atoms with Gasteiger partial charge < -0.3 is 9.26 Å². The SMILES string of the molecule is Cc1cc(C)n(CCc2nc([C@H]3CCOC3)no2)n1. The van der Waals surface area contributed by atoms with E-state index < -0.39 is 0 Å². The molecule has 1 fully saturated rings. The van der Waals surface area contributed by atoms with Gasteiger partial charge in [0.2, 0.25) is 5.89 Å². The summed E-state index contributed by atoms with van der Waals surface area (Å²) in [4.78, 5) is 4.44. The number of rotatable bonds is 4. The molecule has 1 saturated heterocycles. The smallest absolute Gasteiger partial charge is 0.228 e. The molecule has 3 heterocycles. The van der Waals surface area contributed by atoms with Gasteiger partial charge in [-0.2, -0.15) is 10.1 Å². The first kappa shape index (κ1) is 12.3. The highest BCUT2D eigenvalue weighted by Crippen LogP contribution is 2.22. The summed E-state index contributed by atoms with van der Waals surface area (Å²) in [6.07, 6.45) is 1.69. The van der Waals surface area contributed by atoms with E-state index in [0.29, 0.717) is 24.8 Å². The van der Waals surface area contributed by atoms with Crippen LogP contribution in [0.4, 0.5) is 0 Å². The van der Waals surface area contributed by atoms with Crippen molar-refractivity contribution in [3.63, 3.8) is 0 Å². The van der Waals surface area contributed by atoms with Crippen LogP contribution in [0, 0.1) is 13.8 Å². The number of ether oxygens (including phenoxy) is 1. The molecule has 0 unspecified atom stereocenters. The van der Waals surface area contributed by atoms with E-state index in [1.165, 1.54) is 0 Å². The monoisotopic (exact) mass is 262 g/mol. The zero-order valence-electron chi connectivity index (χ0n) is 11.3. The molecule has 1 aliphatic rings. The van der Waals surface area contributed by atoms with Crippen LogP contribution >= 0.6 is 0 Å². The second-order valence-electron chi connectivity index (χ2n) is 5.01. The highest BCUT2D eigenvalue weighted by atomic mass is 16.5. The molecule has 0 spiro atoms. The zero-order chi connectivity index (χ0) is 13.2. The Bertz CT molecular complexity index is 555. The second-order valence-corrected chi connectivity index (χ2v) is 5.01. The predicted octanol–water partition coefficient (Wildman–Crippen LogP) is 1.63. The van der Waals surface area contributed by atoms with Crippen molar-refractivity contribution in [2.45, 2.75) is 39.2 Å². The fourth-order valence-electron chi connectivity index (χ4n) is 2.38. The Morgan fingerprint density at radius 2 is 2.32 bits per heavy atom. The van der Waals surface area contributed by atoms with Crippen molar-refractivity contribution >= 4 is 0 Å². The minimum Gasteiger partial charge on any atom is -0.381 e. The van der Waals surface area contributed by atoms with E-state index in [2.05, 4.69) is 28.2 Å². The molecule has 0 saturated carbocycles. The maximum absolute atomic E-state index is 5.33. The molecule has 1 atom stereocenters. The van der Waals surface area contributed by atoms with Crippen molar-refractivity contribution in [3.05, 3.63) is 29.2 Å². The summed E-state index contributed by atoms with van der Waals surface area (Å²) in [5, 5.41) is 8.46. The van der Waals surface area contributed by atoms with Crippen molar-refractivity contribution in [2.75, 3.05) is 13.2 Å². The van der Waals surface area contributed by atoms with Gasteiger partial charge in [0.15, 0.2) is 5.82 Å². The van der Waals surface area contributed by atoms with E-state index in [-0.39, 0.29) is 0 Å². The maximum Gasteiger partial charge on any atom is 0.228 e. The first-order chi connectivity index (χ1) is 9.22. The minimum atomic E-state index is 0.297. The highest BCUT2D eigenvalue weighted by molar-refractivity contribution is 5.06. The first-order valence-electron chi connectivity index (χ1n) is 6.63. The molecule has 102 valence electrons. The van der Waals surface area contributed by atoms with Gasteiger partial charge in [-0.25, -0.2) is 0 Å². The van der Waals surface area contributed by atoms with Crippen molar-refractivity contribution < 1.29 is 9.26 Å². The van der Waals surface area contributed by atoms with Gasteiger partial charge in [-0.15, -0.1) is 0 Å². The maximum atomic E-state index is 5.33. The van der Waals surface area contributed by atoms with Gasteiger partial charge in [0.1, 0.15) is 0 Å². The largest absolute Gasteiger partial charge is 0.381 e. The molecule has 2 aromatic rings. The molecule has 6 heteroatoms. The molecule has 0 aliphatic carbocycles. The third-order valence-corrected chi connectivity index (χ3v) is 3.42. The number of aryl methyl sites for hydroxylation is 4. The Morgan fingerprint density at radius 1 is 1.42 bits per heavy atom. The predicted molar refractivity (Wildman–Crippen MR) is 67.9 cm³/mol. The number of hydrogen-bond donors (Lipinski definition) is 0. The molecule has 0 N–H and O–H groups in total. The Hall–Kier alpha value is -1.69. The lowest BCUT2D eigenvalue weighted by Gasteiger charge is -2.01. The molecule has 0 radical (unpaired) electrons. The molecule has 0 aromatic carbocycles. The van der Waals surface area contributed by atoms with E-state index in [0.717, 1.165) is 36.8 Å². The minimum absolute atomic E-state index is 0.297. The zero-order valence-corrected chi connectivity index (χ0v) is 11.3. The lowest BCUT2D eigenvalue weighted by atomic mass is 10.1. The Kier molecular flexibility index (Phi) is 3.33. The highest BCUT2D eigenvalue weighted by Gasteiger charge is 2.23. The topological polar surface area (TPSA) is 66.0 Å². The lowest BCUT2D eigenvalue weighted by molar-refractivity contribution is 0.192. The van der Waals surface area contributed by atoms with E-state index in [1.54, 1.807) is 0 Å². The van der Waals surface area contributed by atoms with Crippen LogP contribution in [-0.4, -0.2) is 33.1 Å². The van der Waals surface area contributed by atoms with Crippen LogP contribution in [0.25, 0.3) is 0 Å². The van der Waals surface area contributed by atoms with Gasteiger partial charge in [0.25, 0.3) is 0 Å². The van der Waals surface area contributed by atoms with E-state index >= 15 is 0 Å². The van der Waals surface area contributed by atoms with E-state index in [1.807, 2.05) is 11.6 Å². The quantitative estimate of drug-likeness (QED) is 0.837. The fourth-order valence-corrected chi connectivity index (χ4v) is 2.38. The number of hydrogen-bond acceptors (Lipinski definition) is 5. The summed E-state index contributed by atoms with van der Waals surface area (Å²) in [5.74, 6) is 1.75. The Labute approximate surface area is 111 Å². The van der Waals surface area contributed by atoms with Crippen molar-refractivity contribution in [3.8, 4) is 0 Å². The third kappa shape index (κ3) is 2.68. The summed E-state index contributed by atoms with van der Waals surface area (Å²) in [5.41, 5.74) is 2.19. The molecular formula is C13H18N4O2. The van der Waals surface area contributed by atoms with Gasteiger partial charge in [-0.05, 0) is 26.3 Å². The Morgan fingerprint density at radius 3 is 3.00 bits per heavy atom. The summed E-state index contributed by atoms with van der Waals surface area (Å²) in [7, 11) is 0. The van der Waals surface area contributed by atoms with Gasteiger partial charge in [-0.3, -0.25) is 4.68 Å². The summed E-state index contributed by atoms with van der Waals surface area (Å²) < 4.78 is 12.6. The van der Waals surface area contributed by atoms with Crippen LogP contribution in [-0.2, 0) is 17.7 Å². The summed E-state index contributed by atoms with van der Waals surface area (Å²) in [6.45, 7) is 6.31. The standard InChI is InChI=1S/C13H18N4O2/c1-9-7-10(2)17(15-9)5-3-12-14-13(16-19-12)11-4-6-18-8-11/h7,11H,3-6,8H2,1-2H3/t11-/m0/s1. The van der Waals surface area contributed by atoms with Crippen molar-refractivity contribution in [2.24, 2.45) is 0 Å². The van der Waals surface area contributed by atoms with Crippen LogP contribution < -0.4 is 0 Å². The molecule has 0 amide bonds. The molecule has 1 aliphatic heterocycles. The average Bonchev–Trinajstić information content (AvgIpc) is 3.07. The van der Waals surface area contributed by atoms with Crippen molar-refractivity contribution in [1.29, 1.82) is 0 Å². The number of aromatic nitrogens is 4. The van der Waals surface area contributed by atoms with Crippen LogP contribution in [0.2, 0.25) is 0 Å². The molecular weight excluding hydrogens is 244 g/mol. The van der Waals surface area contributed by atoms with Crippen LogP contribution in [0.3, 0.4) is 0 Å². The molecule has 6 nitrogen and oxygen atoms in total.